The van der Waals surface area contributed by atoms with Crippen LogP contribution in [0.15, 0.2) is 91.3 Å². The van der Waals surface area contributed by atoms with Gasteiger partial charge in [-0.05, 0) is 66.5 Å². The summed E-state index contributed by atoms with van der Waals surface area (Å²) in [6.07, 6.45) is 3.94. The molecule has 0 bridgehead atoms. The molecule has 2 aromatic heterocycles. The Balaban J connectivity index is 1.14. The van der Waals surface area contributed by atoms with Gasteiger partial charge in [0.1, 0.15) is 24.2 Å². The summed E-state index contributed by atoms with van der Waals surface area (Å²) in [5.74, 6) is -4.54. The lowest BCUT2D eigenvalue weighted by molar-refractivity contribution is -0.136. The third-order valence-corrected chi connectivity index (χ3v) is 12.5. The van der Waals surface area contributed by atoms with Gasteiger partial charge in [0.05, 0.1) is 18.2 Å². The molecule has 5 aromatic rings. The van der Waals surface area contributed by atoms with E-state index >= 15 is 0 Å². The van der Waals surface area contributed by atoms with Gasteiger partial charge in [0, 0.05) is 67.4 Å². The van der Waals surface area contributed by atoms with Crippen LogP contribution >= 0.6 is 0 Å². The number of amides is 7. The Morgan fingerprint density at radius 2 is 1.15 bits per heavy atom. The molecule has 1 fully saturated rings. The van der Waals surface area contributed by atoms with Crippen molar-refractivity contribution >= 4 is 63.2 Å². The van der Waals surface area contributed by atoms with Crippen LogP contribution in [0.5, 0.6) is 0 Å². The normalized spacial score (nSPS) is 16.6. The SMILES string of the molecule is CC(=O)NC(=O)[C@H](Cc1c[nH]c2ccccc12)NC(=O)[C@@H](NC(=O)[C@@H]1CCCN1C[C@@H](O)[C@H](Cc1ccccc1)NC(=O)[C@@H](NC(=O)[C@H](Cc1c[nH]c2ccccc12)NC(C)=O)C(C)C)C(C)C. The van der Waals surface area contributed by atoms with Gasteiger partial charge < -0.3 is 41.7 Å². The summed E-state index contributed by atoms with van der Waals surface area (Å²) in [4.78, 5) is 102. The number of aliphatic hydroxyl groups excluding tert-OH is 1. The van der Waals surface area contributed by atoms with E-state index in [4.69, 9.17) is 0 Å². The molecular formula is C51H65N9O8. The number of H-pyrrole nitrogens is 2. The van der Waals surface area contributed by atoms with E-state index in [9.17, 15) is 38.7 Å². The van der Waals surface area contributed by atoms with E-state index in [1.165, 1.54) is 13.8 Å². The second-order valence-electron chi connectivity index (χ2n) is 18.5. The second-order valence-corrected chi connectivity index (χ2v) is 18.5. The molecule has 362 valence electrons. The van der Waals surface area contributed by atoms with Crippen LogP contribution in [-0.2, 0) is 52.8 Å². The lowest BCUT2D eigenvalue weighted by atomic mass is 9.97. The molecule has 7 amide bonds. The standard InChI is InChI=1S/C51H65N9O8/c1-29(2)45(58-48(65)41(54-31(5)61)24-34-26-52-38-19-12-10-17-36(34)38)50(67)56-40(23-33-15-8-7-9-16-33)44(63)28-60-22-14-21-43(60)49(66)59-46(30(3)4)51(68)57-42(47(64)55-32(6)62)25-35-27-53-39-20-13-11-18-37(35)39/h7-13,15-20,26-27,29-30,40-46,52-53,63H,14,21-25,28H2,1-6H3,(H,54,61)(H,56,67)(H,57,68)(H,58,65)(H,59,66)(H,55,62,64)/t40-,41-,42-,43-,44+,45-,46-/m0/s1. The Labute approximate surface area is 396 Å². The van der Waals surface area contributed by atoms with Gasteiger partial charge in [-0.3, -0.25) is 43.8 Å². The van der Waals surface area contributed by atoms with Crippen molar-refractivity contribution < 1.29 is 38.7 Å². The lowest BCUT2D eigenvalue weighted by Gasteiger charge is -2.33. The van der Waals surface area contributed by atoms with Crippen LogP contribution in [0, 0.1) is 11.8 Å². The number of imide groups is 1. The van der Waals surface area contributed by atoms with E-state index in [0.29, 0.717) is 19.4 Å². The summed E-state index contributed by atoms with van der Waals surface area (Å²) in [5.41, 5.74) is 4.16. The van der Waals surface area contributed by atoms with Gasteiger partial charge in [-0.25, -0.2) is 0 Å². The minimum absolute atomic E-state index is 0.000251. The number of carbonyl (C=O) groups excluding carboxylic acids is 7. The van der Waals surface area contributed by atoms with E-state index in [2.05, 4.69) is 41.9 Å². The van der Waals surface area contributed by atoms with Crippen molar-refractivity contribution in [2.24, 2.45) is 11.8 Å². The monoisotopic (exact) mass is 931 g/mol. The molecule has 0 unspecified atom stereocenters. The highest BCUT2D eigenvalue weighted by molar-refractivity contribution is 6.00. The molecule has 9 N–H and O–H groups in total. The van der Waals surface area contributed by atoms with Crippen molar-refractivity contribution in [3.8, 4) is 0 Å². The summed E-state index contributed by atoms with van der Waals surface area (Å²) in [5, 5.41) is 30.4. The molecule has 1 aliphatic rings. The first-order valence-electron chi connectivity index (χ1n) is 23.3. The number of carbonyl (C=O) groups is 7. The van der Waals surface area contributed by atoms with Crippen molar-refractivity contribution in [1.29, 1.82) is 0 Å². The third kappa shape index (κ3) is 13.2. The maximum absolute atomic E-state index is 14.2. The number of rotatable bonds is 21. The molecule has 7 atom stereocenters. The number of aromatic nitrogens is 2. The number of nitrogens with one attached hydrogen (secondary N) is 8. The smallest absolute Gasteiger partial charge is 0.249 e. The fourth-order valence-electron chi connectivity index (χ4n) is 8.93. The number of hydrogen-bond acceptors (Lipinski definition) is 9. The molecular weight excluding hydrogens is 867 g/mol. The quantitative estimate of drug-likeness (QED) is 0.0525. The minimum Gasteiger partial charge on any atom is -0.390 e. The molecule has 0 aliphatic carbocycles. The number of para-hydroxylation sites is 2. The Hall–Kier alpha value is -6.85. The second kappa shape index (κ2) is 23.2. The van der Waals surface area contributed by atoms with E-state index in [0.717, 1.165) is 38.5 Å². The molecule has 17 heteroatoms. The molecule has 1 saturated heterocycles. The van der Waals surface area contributed by atoms with Gasteiger partial charge in [0.2, 0.25) is 41.4 Å². The van der Waals surface area contributed by atoms with Crippen LogP contribution in [0.1, 0.15) is 71.1 Å². The molecule has 0 saturated carbocycles. The predicted molar refractivity (Wildman–Crippen MR) is 259 cm³/mol. The Kier molecular flexibility index (Phi) is 17.3. The summed E-state index contributed by atoms with van der Waals surface area (Å²) < 4.78 is 0. The zero-order chi connectivity index (χ0) is 49.1. The highest BCUT2D eigenvalue weighted by Gasteiger charge is 2.38. The Morgan fingerprint density at radius 3 is 1.71 bits per heavy atom. The topological polar surface area (TPSA) is 247 Å². The fourth-order valence-corrected chi connectivity index (χ4v) is 8.93. The van der Waals surface area contributed by atoms with Crippen LogP contribution in [0.2, 0.25) is 0 Å². The van der Waals surface area contributed by atoms with E-state index in [-0.39, 0.29) is 31.7 Å². The van der Waals surface area contributed by atoms with Gasteiger partial charge in [0.25, 0.3) is 0 Å². The number of benzene rings is 3. The van der Waals surface area contributed by atoms with E-state index < -0.39 is 89.6 Å². The number of nitrogens with zero attached hydrogens (tertiary/aromatic N) is 1. The number of fused-ring (bicyclic) bond motifs is 2. The lowest BCUT2D eigenvalue weighted by Crippen LogP contribution is -2.60. The molecule has 3 aromatic carbocycles. The molecule has 0 radical (unpaired) electrons. The molecule has 6 rings (SSSR count). The van der Waals surface area contributed by atoms with Gasteiger partial charge in [-0.15, -0.1) is 0 Å². The number of aromatic amines is 2. The predicted octanol–water partition coefficient (Wildman–Crippen LogP) is 2.92. The highest BCUT2D eigenvalue weighted by atomic mass is 16.3. The maximum atomic E-state index is 14.2. The van der Waals surface area contributed by atoms with Gasteiger partial charge in [-0.1, -0.05) is 94.4 Å². The average Bonchev–Trinajstić information content (AvgIpc) is 4.05. The molecule has 3 heterocycles. The zero-order valence-electron chi connectivity index (χ0n) is 39.6. The fraction of sp³-hybridized carbons (Fsp3) is 0.431. The highest BCUT2D eigenvalue weighted by Crippen LogP contribution is 2.23. The molecule has 0 spiro atoms. The van der Waals surface area contributed by atoms with E-state index in [1.54, 1.807) is 40.1 Å². The third-order valence-electron chi connectivity index (χ3n) is 12.5. The molecule has 68 heavy (non-hydrogen) atoms. The largest absolute Gasteiger partial charge is 0.390 e. The van der Waals surface area contributed by atoms with Crippen LogP contribution in [0.3, 0.4) is 0 Å². The van der Waals surface area contributed by atoms with Crippen LogP contribution in [0.25, 0.3) is 21.8 Å². The van der Waals surface area contributed by atoms with E-state index in [1.807, 2.05) is 83.8 Å². The maximum Gasteiger partial charge on any atom is 0.249 e. The summed E-state index contributed by atoms with van der Waals surface area (Å²) >= 11 is 0. The zero-order valence-corrected chi connectivity index (χ0v) is 39.6. The van der Waals surface area contributed by atoms with Crippen molar-refractivity contribution in [2.75, 3.05) is 13.1 Å². The van der Waals surface area contributed by atoms with Crippen LogP contribution < -0.4 is 31.9 Å². The van der Waals surface area contributed by atoms with Gasteiger partial charge in [-0.2, -0.15) is 0 Å². The first kappa shape index (κ1) is 50.6. The van der Waals surface area contributed by atoms with Crippen molar-refractivity contribution in [3.63, 3.8) is 0 Å². The van der Waals surface area contributed by atoms with Crippen molar-refractivity contribution in [2.45, 2.75) is 116 Å². The first-order valence-corrected chi connectivity index (χ1v) is 23.3. The summed E-state index contributed by atoms with van der Waals surface area (Å²) in [7, 11) is 0. The Bertz CT molecular complexity index is 2570. The number of hydrogen-bond donors (Lipinski definition) is 9. The Morgan fingerprint density at radius 1 is 0.618 bits per heavy atom. The number of aliphatic hydroxyl groups is 1. The van der Waals surface area contributed by atoms with Crippen LogP contribution in [-0.4, -0.2) is 117 Å². The summed E-state index contributed by atoms with van der Waals surface area (Å²) in [6, 6.07) is 18.7. The van der Waals surface area contributed by atoms with Crippen molar-refractivity contribution in [3.05, 3.63) is 108 Å². The minimum atomic E-state index is -1.18. The molecule has 17 nitrogen and oxygen atoms in total. The van der Waals surface area contributed by atoms with Crippen molar-refractivity contribution in [1.82, 2.24) is 46.8 Å². The first-order chi connectivity index (χ1) is 32.5. The van der Waals surface area contributed by atoms with Gasteiger partial charge in [0.15, 0.2) is 0 Å². The van der Waals surface area contributed by atoms with Crippen LogP contribution in [0.4, 0.5) is 0 Å². The summed E-state index contributed by atoms with van der Waals surface area (Å²) in [6.45, 7) is 10.1. The number of β-amino-alcohol motifs (C(OH)–C–C–N with tert-alkyl or cyclic N) is 1. The number of likely N-dealkylation sites (tertiary alicyclic amines) is 1. The van der Waals surface area contributed by atoms with Gasteiger partial charge >= 0.3 is 0 Å². The average molecular weight is 932 g/mol. The molecule has 1 aliphatic heterocycles.